The highest BCUT2D eigenvalue weighted by atomic mass is 13.9. The zero-order chi connectivity index (χ0) is 13.9. The van der Waals surface area contributed by atoms with Gasteiger partial charge in [0.15, 0.2) is 0 Å². The van der Waals surface area contributed by atoms with Crippen molar-refractivity contribution >= 4 is 0 Å². The third-order valence-electron chi connectivity index (χ3n) is 3.04. The van der Waals surface area contributed by atoms with Gasteiger partial charge in [-0.05, 0) is 30.9 Å². The van der Waals surface area contributed by atoms with Gasteiger partial charge in [0.05, 0.1) is 0 Å². The van der Waals surface area contributed by atoms with E-state index in [0.717, 1.165) is 0 Å². The Morgan fingerprint density at radius 1 is 0.591 bits per heavy atom. The van der Waals surface area contributed by atoms with Crippen LogP contribution in [0.1, 0.15) is 65.7 Å². The predicted octanol–water partition coefficient (Wildman–Crippen LogP) is 7.49. The van der Waals surface area contributed by atoms with E-state index >= 15 is 0 Å². The molecule has 0 bridgehead atoms. The van der Waals surface area contributed by atoms with Crippen LogP contribution in [0.15, 0.2) is 54.6 Å². The van der Waals surface area contributed by atoms with Crippen molar-refractivity contribution in [1.82, 2.24) is 0 Å². The average molecular weight is 303 g/mol. The molecule has 2 aromatic rings. The maximum absolute atomic E-state index is 2.21. The van der Waals surface area contributed by atoms with Gasteiger partial charge in [0.25, 0.3) is 0 Å². The van der Waals surface area contributed by atoms with Crippen molar-refractivity contribution in [2.24, 2.45) is 0 Å². The molecule has 0 N–H and O–H groups in total. The van der Waals surface area contributed by atoms with Gasteiger partial charge in [-0.25, -0.2) is 0 Å². The van der Waals surface area contributed by atoms with Crippen LogP contribution in [0.25, 0.3) is 0 Å². The molecule has 0 aliphatic heterocycles. The standard InChI is InChI=1S/C10H14.C9H12.3CH4/c1-3-4-10-7-5-9(2)6-8-10;1-2-6-9-7-4-3-5-8-9;;;/h5-8H,3-4H2,1-2H3;3-5,7-8H,2,6H2,1H3;3*1H4. The molecule has 0 nitrogen and oxygen atoms in total. The van der Waals surface area contributed by atoms with Crippen molar-refractivity contribution in [3.05, 3.63) is 71.3 Å². The lowest BCUT2D eigenvalue weighted by atomic mass is 10.1. The maximum atomic E-state index is 2.21. The first kappa shape index (κ1) is 25.4. The van der Waals surface area contributed by atoms with Crippen LogP contribution in [-0.4, -0.2) is 0 Å². The van der Waals surface area contributed by atoms with Gasteiger partial charge in [-0.2, -0.15) is 0 Å². The molecular weight excluding hydrogens is 264 g/mol. The third kappa shape index (κ3) is 11.1. The molecule has 0 aromatic heterocycles. The molecule has 0 atom stereocenters. The summed E-state index contributed by atoms with van der Waals surface area (Å²) in [7, 11) is 0. The molecule has 0 heterocycles. The van der Waals surface area contributed by atoms with Gasteiger partial charge in [-0.3, -0.25) is 0 Å². The number of benzene rings is 2. The molecule has 0 unspecified atom stereocenters. The van der Waals surface area contributed by atoms with Crippen molar-refractivity contribution in [2.45, 2.75) is 68.7 Å². The molecule has 0 heteroatoms. The second kappa shape index (κ2) is 15.8. The smallest absolute Gasteiger partial charge is 0.0281 e. The fourth-order valence-electron chi connectivity index (χ4n) is 1.98. The Kier molecular flexibility index (Phi) is 18.3. The summed E-state index contributed by atoms with van der Waals surface area (Å²) in [6, 6.07) is 19.3. The Hall–Kier alpha value is -1.56. The Labute approximate surface area is 140 Å². The minimum absolute atomic E-state index is 0. The van der Waals surface area contributed by atoms with Gasteiger partial charge in [-0.15, -0.1) is 0 Å². The second-order valence-electron chi connectivity index (χ2n) is 4.97. The van der Waals surface area contributed by atoms with Gasteiger partial charge in [0.1, 0.15) is 0 Å². The number of rotatable bonds is 4. The topological polar surface area (TPSA) is 0 Å². The van der Waals surface area contributed by atoms with Crippen molar-refractivity contribution in [2.75, 3.05) is 0 Å². The van der Waals surface area contributed by atoms with Crippen LogP contribution in [0.5, 0.6) is 0 Å². The minimum atomic E-state index is 0. The van der Waals surface area contributed by atoms with Crippen LogP contribution < -0.4 is 0 Å². The van der Waals surface area contributed by atoms with Gasteiger partial charge in [-0.1, -0.05) is 109 Å². The van der Waals surface area contributed by atoms with Gasteiger partial charge in [0, 0.05) is 0 Å². The van der Waals surface area contributed by atoms with Crippen LogP contribution in [0.2, 0.25) is 0 Å². The summed E-state index contributed by atoms with van der Waals surface area (Å²) in [6.07, 6.45) is 4.90. The summed E-state index contributed by atoms with van der Waals surface area (Å²) in [6.45, 7) is 6.53. The van der Waals surface area contributed by atoms with E-state index in [1.165, 1.54) is 42.4 Å². The molecule has 0 saturated carbocycles. The third-order valence-corrected chi connectivity index (χ3v) is 3.04. The molecule has 0 aliphatic rings. The molecule has 0 spiro atoms. The fraction of sp³-hybridized carbons (Fsp3) is 0.455. The summed E-state index contributed by atoms with van der Waals surface area (Å²) < 4.78 is 0. The van der Waals surface area contributed by atoms with E-state index in [-0.39, 0.29) is 22.3 Å². The number of aryl methyl sites for hydroxylation is 3. The highest BCUT2D eigenvalue weighted by molar-refractivity contribution is 5.21. The van der Waals surface area contributed by atoms with Crippen molar-refractivity contribution < 1.29 is 0 Å². The normalized spacial score (nSPS) is 8.32. The zero-order valence-corrected chi connectivity index (χ0v) is 12.5. The quantitative estimate of drug-likeness (QED) is 0.548. The second-order valence-corrected chi connectivity index (χ2v) is 4.97. The summed E-state index contributed by atoms with van der Waals surface area (Å²) in [5.74, 6) is 0. The van der Waals surface area contributed by atoms with E-state index in [1.54, 1.807) is 0 Å². The lowest BCUT2D eigenvalue weighted by Crippen LogP contribution is -1.81. The Bertz CT molecular complexity index is 425. The van der Waals surface area contributed by atoms with E-state index in [2.05, 4.69) is 75.4 Å². The largest absolute Gasteiger partial charge is 0.0776 e. The first-order valence-corrected chi connectivity index (χ1v) is 7.35. The van der Waals surface area contributed by atoms with Crippen molar-refractivity contribution in [1.29, 1.82) is 0 Å². The molecular formula is C22H38. The highest BCUT2D eigenvalue weighted by Crippen LogP contribution is 2.04. The summed E-state index contributed by atoms with van der Waals surface area (Å²) in [5, 5.41) is 0. The highest BCUT2D eigenvalue weighted by Gasteiger charge is 1.88. The molecule has 2 aromatic carbocycles. The Balaban J connectivity index is -0.000000290. The van der Waals surface area contributed by atoms with Gasteiger partial charge in [0.2, 0.25) is 0 Å². The van der Waals surface area contributed by atoms with Crippen molar-refractivity contribution in [3.63, 3.8) is 0 Å². The predicted molar refractivity (Wildman–Crippen MR) is 106 cm³/mol. The number of hydrogen-bond acceptors (Lipinski definition) is 0. The monoisotopic (exact) mass is 302 g/mol. The zero-order valence-electron chi connectivity index (χ0n) is 12.5. The van der Waals surface area contributed by atoms with Crippen LogP contribution in [0, 0.1) is 6.92 Å². The van der Waals surface area contributed by atoms with Crippen LogP contribution in [-0.2, 0) is 12.8 Å². The Morgan fingerprint density at radius 3 is 1.41 bits per heavy atom. The van der Waals surface area contributed by atoms with Gasteiger partial charge < -0.3 is 0 Å². The lowest BCUT2D eigenvalue weighted by Gasteiger charge is -1.97. The molecule has 0 fully saturated rings. The van der Waals surface area contributed by atoms with Crippen LogP contribution in [0.3, 0.4) is 0 Å². The van der Waals surface area contributed by atoms with Gasteiger partial charge >= 0.3 is 0 Å². The molecule has 0 saturated heterocycles. The van der Waals surface area contributed by atoms with E-state index in [0.29, 0.717) is 0 Å². The van der Waals surface area contributed by atoms with Crippen molar-refractivity contribution in [3.8, 4) is 0 Å². The fourth-order valence-corrected chi connectivity index (χ4v) is 1.98. The number of hydrogen-bond donors (Lipinski definition) is 0. The molecule has 22 heavy (non-hydrogen) atoms. The molecule has 0 radical (unpaired) electrons. The molecule has 0 aliphatic carbocycles. The van der Waals surface area contributed by atoms with Crippen LogP contribution in [0.4, 0.5) is 0 Å². The van der Waals surface area contributed by atoms with E-state index in [9.17, 15) is 0 Å². The first-order chi connectivity index (χ1) is 9.26. The average Bonchev–Trinajstić information content (AvgIpc) is 2.44. The SMILES string of the molecule is C.C.C.CCCc1ccc(C)cc1.CCCc1ccccc1. The van der Waals surface area contributed by atoms with E-state index in [4.69, 9.17) is 0 Å². The minimum Gasteiger partial charge on any atom is -0.0776 e. The maximum Gasteiger partial charge on any atom is -0.0281 e. The summed E-state index contributed by atoms with van der Waals surface area (Å²) >= 11 is 0. The molecule has 0 amide bonds. The lowest BCUT2D eigenvalue weighted by molar-refractivity contribution is 0.921. The van der Waals surface area contributed by atoms with E-state index in [1.807, 2.05) is 0 Å². The molecule has 2 rings (SSSR count). The Morgan fingerprint density at radius 2 is 1.00 bits per heavy atom. The van der Waals surface area contributed by atoms with E-state index < -0.39 is 0 Å². The van der Waals surface area contributed by atoms with Crippen LogP contribution >= 0.6 is 0 Å². The molecule has 126 valence electrons. The summed E-state index contributed by atoms with van der Waals surface area (Å²) in [4.78, 5) is 0. The first-order valence-electron chi connectivity index (χ1n) is 7.35. The summed E-state index contributed by atoms with van der Waals surface area (Å²) in [5.41, 5.74) is 4.24.